The molecule has 23 heavy (non-hydrogen) atoms. The number of rotatable bonds is 2. The van der Waals surface area contributed by atoms with Gasteiger partial charge in [-0.3, -0.25) is 4.79 Å². The minimum Gasteiger partial charge on any atom is -0.393 e. The van der Waals surface area contributed by atoms with Gasteiger partial charge in [-0.15, -0.1) is 0 Å². The summed E-state index contributed by atoms with van der Waals surface area (Å²) >= 11 is 0. The number of allylic oxidation sites excluding steroid dienone is 4. The average Bonchev–Trinajstić information content (AvgIpc) is 2.47. The van der Waals surface area contributed by atoms with E-state index in [0.29, 0.717) is 18.3 Å². The van der Waals surface area contributed by atoms with E-state index in [1.807, 2.05) is 13.0 Å². The first kappa shape index (κ1) is 16.9. The van der Waals surface area contributed by atoms with Crippen molar-refractivity contribution in [1.29, 1.82) is 0 Å². The molecule has 0 saturated heterocycles. The predicted molar refractivity (Wildman–Crippen MR) is 90.7 cm³/mol. The molecule has 0 heterocycles. The molecule has 128 valence electrons. The SMILES string of the molecule is CCC1C2CCC3=CC(=O)C=CC3(C)C2C(O)CC1(C)[C@@H](C)O. The molecule has 2 N–H and O–H groups in total. The lowest BCUT2D eigenvalue weighted by atomic mass is 9.46. The van der Waals surface area contributed by atoms with Crippen LogP contribution in [-0.4, -0.2) is 28.2 Å². The van der Waals surface area contributed by atoms with Crippen LogP contribution in [0.15, 0.2) is 23.8 Å². The summed E-state index contributed by atoms with van der Waals surface area (Å²) in [6.45, 7) is 8.39. The lowest BCUT2D eigenvalue weighted by Crippen LogP contribution is -2.58. The normalized spacial score (nSPS) is 47.6. The maximum atomic E-state index is 11.8. The van der Waals surface area contributed by atoms with Gasteiger partial charge in [-0.1, -0.05) is 38.8 Å². The van der Waals surface area contributed by atoms with E-state index in [4.69, 9.17) is 0 Å². The van der Waals surface area contributed by atoms with Crippen LogP contribution in [0, 0.1) is 28.6 Å². The third kappa shape index (κ3) is 2.35. The molecule has 0 aliphatic heterocycles. The minimum absolute atomic E-state index is 0.0714. The standard InChI is InChI=1S/C20H30O3/c1-5-16-15-7-6-13-10-14(22)8-9-19(13,3)18(15)17(23)11-20(16,4)12(2)21/h8-10,12,15-18,21,23H,5-7,11H2,1-4H3/t12-,15?,16?,17?,18?,19?,20?/m1/s1. The van der Waals surface area contributed by atoms with Crippen molar-refractivity contribution in [2.75, 3.05) is 0 Å². The summed E-state index contributed by atoms with van der Waals surface area (Å²) in [4.78, 5) is 11.8. The van der Waals surface area contributed by atoms with Crippen LogP contribution in [0.1, 0.15) is 53.4 Å². The van der Waals surface area contributed by atoms with E-state index in [1.54, 1.807) is 12.2 Å². The van der Waals surface area contributed by atoms with Gasteiger partial charge in [0.2, 0.25) is 0 Å². The van der Waals surface area contributed by atoms with E-state index >= 15 is 0 Å². The molecule has 3 aliphatic carbocycles. The lowest BCUT2D eigenvalue weighted by molar-refractivity contribution is -0.150. The van der Waals surface area contributed by atoms with Gasteiger partial charge in [0.25, 0.3) is 0 Å². The number of aliphatic hydroxyl groups excluding tert-OH is 2. The summed E-state index contributed by atoms with van der Waals surface area (Å²) in [6, 6.07) is 0. The quantitative estimate of drug-likeness (QED) is 0.821. The average molecular weight is 318 g/mol. The van der Waals surface area contributed by atoms with Gasteiger partial charge in [-0.25, -0.2) is 0 Å². The first-order valence-electron chi connectivity index (χ1n) is 9.04. The second-order valence-corrected chi connectivity index (χ2v) is 8.38. The van der Waals surface area contributed by atoms with Crippen LogP contribution in [0.3, 0.4) is 0 Å². The van der Waals surface area contributed by atoms with Crippen molar-refractivity contribution in [2.45, 2.75) is 65.6 Å². The molecule has 0 amide bonds. The smallest absolute Gasteiger partial charge is 0.178 e. The van der Waals surface area contributed by atoms with E-state index in [2.05, 4.69) is 20.8 Å². The fraction of sp³-hybridized carbons (Fsp3) is 0.750. The van der Waals surface area contributed by atoms with Crippen LogP contribution in [0.2, 0.25) is 0 Å². The van der Waals surface area contributed by atoms with Gasteiger partial charge in [-0.05, 0) is 55.6 Å². The highest BCUT2D eigenvalue weighted by molar-refractivity contribution is 6.01. The fourth-order valence-electron chi connectivity index (χ4n) is 5.95. The van der Waals surface area contributed by atoms with Crippen LogP contribution < -0.4 is 0 Å². The largest absolute Gasteiger partial charge is 0.393 e. The van der Waals surface area contributed by atoms with Crippen molar-refractivity contribution in [1.82, 2.24) is 0 Å². The zero-order valence-corrected chi connectivity index (χ0v) is 14.7. The highest BCUT2D eigenvalue weighted by Crippen LogP contribution is 2.61. The molecule has 0 aromatic rings. The fourth-order valence-corrected chi connectivity index (χ4v) is 5.95. The molecule has 0 aromatic carbocycles. The predicted octanol–water partition coefficient (Wildman–Crippen LogP) is 3.26. The highest BCUT2D eigenvalue weighted by atomic mass is 16.3. The molecule has 2 saturated carbocycles. The molecular formula is C20H30O3. The summed E-state index contributed by atoms with van der Waals surface area (Å²) in [5.74, 6) is 1.01. The topological polar surface area (TPSA) is 57.5 Å². The lowest BCUT2D eigenvalue weighted by Gasteiger charge is -2.60. The first-order chi connectivity index (χ1) is 10.7. The highest BCUT2D eigenvalue weighted by Gasteiger charge is 2.58. The Morgan fingerprint density at radius 1 is 1.39 bits per heavy atom. The molecule has 2 fully saturated rings. The van der Waals surface area contributed by atoms with E-state index in [9.17, 15) is 15.0 Å². The number of carbonyl (C=O) groups excluding carboxylic acids is 1. The van der Waals surface area contributed by atoms with Crippen molar-refractivity contribution in [3.05, 3.63) is 23.8 Å². The summed E-state index contributed by atoms with van der Waals surface area (Å²) < 4.78 is 0. The van der Waals surface area contributed by atoms with Crippen LogP contribution in [0.4, 0.5) is 0 Å². The second-order valence-electron chi connectivity index (χ2n) is 8.38. The van der Waals surface area contributed by atoms with Crippen molar-refractivity contribution in [3.8, 4) is 0 Å². The number of carbonyl (C=O) groups is 1. The molecule has 0 aromatic heterocycles. The number of ketones is 1. The molecule has 3 nitrogen and oxygen atoms in total. The van der Waals surface area contributed by atoms with Gasteiger partial charge in [0.1, 0.15) is 0 Å². The molecular weight excluding hydrogens is 288 g/mol. The zero-order valence-electron chi connectivity index (χ0n) is 14.7. The first-order valence-corrected chi connectivity index (χ1v) is 9.04. The Morgan fingerprint density at radius 3 is 2.70 bits per heavy atom. The van der Waals surface area contributed by atoms with Crippen molar-refractivity contribution >= 4 is 5.78 Å². The van der Waals surface area contributed by atoms with Crippen molar-refractivity contribution in [2.24, 2.45) is 28.6 Å². The Hall–Kier alpha value is -0.930. The maximum Gasteiger partial charge on any atom is 0.178 e. The summed E-state index contributed by atoms with van der Waals surface area (Å²) in [7, 11) is 0. The Bertz CT molecular complexity index is 561. The molecule has 3 rings (SSSR count). The third-order valence-corrected chi connectivity index (χ3v) is 7.32. The van der Waals surface area contributed by atoms with E-state index in [-0.39, 0.29) is 22.5 Å². The molecule has 3 aliphatic rings. The van der Waals surface area contributed by atoms with Crippen molar-refractivity contribution < 1.29 is 15.0 Å². The number of fused-ring (bicyclic) bond motifs is 3. The molecule has 0 spiro atoms. The van der Waals surface area contributed by atoms with Crippen LogP contribution in [-0.2, 0) is 4.79 Å². The van der Waals surface area contributed by atoms with Crippen LogP contribution >= 0.6 is 0 Å². The summed E-state index contributed by atoms with van der Waals surface area (Å²) in [6.07, 6.45) is 8.21. The van der Waals surface area contributed by atoms with E-state index in [0.717, 1.165) is 19.3 Å². The van der Waals surface area contributed by atoms with Crippen LogP contribution in [0.5, 0.6) is 0 Å². The van der Waals surface area contributed by atoms with Crippen molar-refractivity contribution in [3.63, 3.8) is 0 Å². The second kappa shape index (κ2) is 5.56. The molecule has 0 radical (unpaired) electrons. The third-order valence-electron chi connectivity index (χ3n) is 7.32. The van der Waals surface area contributed by atoms with Gasteiger partial charge in [0.15, 0.2) is 5.78 Å². The molecule has 0 bridgehead atoms. The van der Waals surface area contributed by atoms with E-state index in [1.165, 1.54) is 5.57 Å². The Kier molecular flexibility index (Phi) is 4.09. The number of hydrogen-bond donors (Lipinski definition) is 2. The minimum atomic E-state index is -0.436. The van der Waals surface area contributed by atoms with Crippen LogP contribution in [0.25, 0.3) is 0 Å². The van der Waals surface area contributed by atoms with Gasteiger partial charge in [0, 0.05) is 11.3 Å². The molecule has 6 unspecified atom stereocenters. The molecule has 3 heteroatoms. The monoisotopic (exact) mass is 318 g/mol. The van der Waals surface area contributed by atoms with E-state index < -0.39 is 12.2 Å². The maximum absolute atomic E-state index is 11.8. The summed E-state index contributed by atoms with van der Waals surface area (Å²) in [5.41, 5.74) is 0.728. The number of aliphatic hydroxyl groups is 2. The molecule has 7 atom stereocenters. The summed E-state index contributed by atoms with van der Waals surface area (Å²) in [5, 5.41) is 21.4. The Labute approximate surface area is 139 Å². The van der Waals surface area contributed by atoms with Gasteiger partial charge < -0.3 is 10.2 Å². The Morgan fingerprint density at radius 2 is 2.09 bits per heavy atom. The zero-order chi connectivity index (χ0) is 17.0. The number of hydrogen-bond acceptors (Lipinski definition) is 3. The van der Waals surface area contributed by atoms with Gasteiger partial charge in [0.05, 0.1) is 12.2 Å². The Balaban J connectivity index is 2.03. The van der Waals surface area contributed by atoms with Gasteiger partial charge >= 0.3 is 0 Å². The van der Waals surface area contributed by atoms with Gasteiger partial charge in [-0.2, -0.15) is 0 Å².